The monoisotopic (exact) mass is 539 g/mol. The fourth-order valence-electron chi connectivity index (χ4n) is 5.35. The average molecular weight is 540 g/mol. The van der Waals surface area contributed by atoms with E-state index in [-0.39, 0.29) is 11.4 Å². The molecule has 0 amide bonds. The lowest BCUT2D eigenvalue weighted by molar-refractivity contribution is 0.200. The topological polar surface area (TPSA) is 92.2 Å². The molecule has 40 heavy (non-hydrogen) atoms. The lowest BCUT2D eigenvalue weighted by Gasteiger charge is -2.39. The number of anilines is 1. The summed E-state index contributed by atoms with van der Waals surface area (Å²) in [5.74, 6) is 1.12. The predicted molar refractivity (Wildman–Crippen MR) is 151 cm³/mol. The van der Waals surface area contributed by atoms with E-state index in [9.17, 15) is 9.18 Å². The van der Waals surface area contributed by atoms with Gasteiger partial charge in [-0.2, -0.15) is 0 Å². The van der Waals surface area contributed by atoms with E-state index in [2.05, 4.69) is 30.3 Å². The van der Waals surface area contributed by atoms with E-state index in [4.69, 9.17) is 4.74 Å². The summed E-state index contributed by atoms with van der Waals surface area (Å²) in [4.78, 5) is 21.1. The number of benzene rings is 3. The number of hydrogen-bond acceptors (Lipinski definition) is 7. The Kier molecular flexibility index (Phi) is 7.00. The van der Waals surface area contributed by atoms with Crippen molar-refractivity contribution in [3.05, 3.63) is 111 Å². The smallest absolute Gasteiger partial charge is 0.253 e. The molecular formula is C30H30FN7O2. The zero-order valence-corrected chi connectivity index (χ0v) is 22.4. The number of fused-ring (bicyclic) bond motifs is 1. The SMILES string of the molecule is COc1ccc(Cn2nnnc2[C@@H](c2cc3ccc(C)cc3[nH]c2=O)N2CCN(c3ccc(F)cc3)CC2)cc1. The summed E-state index contributed by atoms with van der Waals surface area (Å²) >= 11 is 0. The summed E-state index contributed by atoms with van der Waals surface area (Å²) < 4.78 is 20.5. The number of aromatic amines is 1. The van der Waals surface area contributed by atoms with Crippen LogP contribution in [0.4, 0.5) is 10.1 Å². The molecule has 0 bridgehead atoms. The molecule has 1 saturated heterocycles. The Morgan fingerprint density at radius 2 is 1.73 bits per heavy atom. The van der Waals surface area contributed by atoms with Crippen molar-refractivity contribution >= 4 is 16.6 Å². The van der Waals surface area contributed by atoms with E-state index >= 15 is 0 Å². The fraction of sp³-hybridized carbons (Fsp3) is 0.267. The quantitative estimate of drug-likeness (QED) is 0.335. The first-order valence-electron chi connectivity index (χ1n) is 13.3. The molecule has 5 aromatic rings. The molecule has 204 valence electrons. The van der Waals surface area contributed by atoms with Crippen LogP contribution in [-0.2, 0) is 6.54 Å². The minimum atomic E-state index is -0.460. The molecule has 3 aromatic carbocycles. The van der Waals surface area contributed by atoms with Crippen molar-refractivity contribution in [2.24, 2.45) is 0 Å². The first-order chi connectivity index (χ1) is 19.5. The van der Waals surface area contributed by atoms with Crippen LogP contribution in [0.2, 0.25) is 0 Å². The zero-order valence-electron chi connectivity index (χ0n) is 22.4. The van der Waals surface area contributed by atoms with E-state index in [0.717, 1.165) is 33.5 Å². The van der Waals surface area contributed by atoms with Gasteiger partial charge in [-0.1, -0.05) is 24.3 Å². The van der Waals surface area contributed by atoms with Crippen molar-refractivity contribution in [3.8, 4) is 5.75 Å². The number of rotatable bonds is 7. The first-order valence-corrected chi connectivity index (χ1v) is 13.3. The van der Waals surface area contributed by atoms with Crippen LogP contribution in [0.3, 0.4) is 0 Å². The second-order valence-electron chi connectivity index (χ2n) is 10.1. The highest BCUT2D eigenvalue weighted by Gasteiger charge is 2.33. The van der Waals surface area contributed by atoms with Gasteiger partial charge in [0.1, 0.15) is 17.6 Å². The molecule has 1 aliphatic rings. The number of pyridine rings is 1. The average Bonchev–Trinajstić information content (AvgIpc) is 3.42. The molecule has 0 spiro atoms. The molecular weight excluding hydrogens is 509 g/mol. The van der Waals surface area contributed by atoms with Gasteiger partial charge >= 0.3 is 0 Å². The maximum absolute atomic E-state index is 13.6. The van der Waals surface area contributed by atoms with Crippen LogP contribution in [0.15, 0.2) is 77.6 Å². The van der Waals surface area contributed by atoms with Crippen molar-refractivity contribution in [3.63, 3.8) is 0 Å². The third kappa shape index (κ3) is 5.17. The minimum absolute atomic E-state index is 0.164. The molecule has 0 aliphatic carbocycles. The third-order valence-electron chi connectivity index (χ3n) is 7.49. The molecule has 2 aromatic heterocycles. The highest BCUT2D eigenvalue weighted by molar-refractivity contribution is 5.79. The Morgan fingerprint density at radius 1 is 0.975 bits per heavy atom. The van der Waals surface area contributed by atoms with Gasteiger partial charge in [-0.15, -0.1) is 5.10 Å². The number of H-pyrrole nitrogens is 1. The van der Waals surface area contributed by atoms with E-state index in [0.29, 0.717) is 44.1 Å². The molecule has 1 fully saturated rings. The number of piperazine rings is 1. The van der Waals surface area contributed by atoms with Crippen molar-refractivity contribution in [1.82, 2.24) is 30.1 Å². The second-order valence-corrected chi connectivity index (χ2v) is 10.1. The lowest BCUT2D eigenvalue weighted by Crippen LogP contribution is -2.49. The number of tetrazole rings is 1. The standard InChI is InChI=1S/C30H30FN7O2/c1-20-3-6-22-18-26(30(39)32-27(22)17-20)28(37-15-13-36(14-16-37)24-9-7-23(31)8-10-24)29-33-34-35-38(29)19-21-4-11-25(40-2)12-5-21/h3-12,17-18,28H,13-16,19H2,1-2H3,(H,32,39)/t28-/m1/s1. The fourth-order valence-corrected chi connectivity index (χ4v) is 5.35. The number of ether oxygens (including phenoxy) is 1. The first kappa shape index (κ1) is 25.7. The van der Waals surface area contributed by atoms with E-state index in [1.54, 1.807) is 23.9 Å². The van der Waals surface area contributed by atoms with Gasteiger partial charge in [0.15, 0.2) is 5.82 Å². The number of halogens is 1. The summed E-state index contributed by atoms with van der Waals surface area (Å²) in [7, 11) is 1.64. The number of hydrogen-bond donors (Lipinski definition) is 1. The van der Waals surface area contributed by atoms with Gasteiger partial charge in [0.25, 0.3) is 5.56 Å². The molecule has 1 N–H and O–H groups in total. The van der Waals surface area contributed by atoms with Gasteiger partial charge in [-0.25, -0.2) is 9.07 Å². The third-order valence-corrected chi connectivity index (χ3v) is 7.49. The van der Waals surface area contributed by atoms with Crippen LogP contribution in [-0.4, -0.2) is 63.4 Å². The normalized spacial score (nSPS) is 14.9. The van der Waals surface area contributed by atoms with Gasteiger partial charge in [0, 0.05) is 42.9 Å². The lowest BCUT2D eigenvalue weighted by atomic mass is 10.0. The van der Waals surface area contributed by atoms with E-state index in [1.807, 2.05) is 55.5 Å². The van der Waals surface area contributed by atoms with Gasteiger partial charge < -0.3 is 14.6 Å². The highest BCUT2D eigenvalue weighted by Crippen LogP contribution is 2.29. The maximum Gasteiger partial charge on any atom is 0.253 e. The molecule has 10 heteroatoms. The zero-order chi connectivity index (χ0) is 27.6. The Bertz CT molecular complexity index is 1670. The molecule has 0 unspecified atom stereocenters. The minimum Gasteiger partial charge on any atom is -0.497 e. The number of aromatic nitrogens is 5. The summed E-state index contributed by atoms with van der Waals surface area (Å²) in [5.41, 5.74) is 4.29. The van der Waals surface area contributed by atoms with Gasteiger partial charge in [0.2, 0.25) is 0 Å². The van der Waals surface area contributed by atoms with Crippen LogP contribution in [0.1, 0.15) is 28.6 Å². The van der Waals surface area contributed by atoms with Crippen LogP contribution in [0.5, 0.6) is 5.75 Å². The number of nitrogens with one attached hydrogen (secondary N) is 1. The van der Waals surface area contributed by atoms with Crippen molar-refractivity contribution in [1.29, 1.82) is 0 Å². The number of methoxy groups -OCH3 is 1. The second kappa shape index (κ2) is 10.9. The molecule has 1 aliphatic heterocycles. The molecule has 0 radical (unpaired) electrons. The van der Waals surface area contributed by atoms with Gasteiger partial charge in [0.05, 0.1) is 13.7 Å². The van der Waals surface area contributed by atoms with Crippen molar-refractivity contribution in [2.45, 2.75) is 19.5 Å². The van der Waals surface area contributed by atoms with Crippen LogP contribution in [0, 0.1) is 12.7 Å². The number of aryl methyl sites for hydroxylation is 1. The van der Waals surface area contributed by atoms with E-state index in [1.165, 1.54) is 12.1 Å². The largest absolute Gasteiger partial charge is 0.497 e. The van der Waals surface area contributed by atoms with Crippen LogP contribution >= 0.6 is 0 Å². The summed E-state index contributed by atoms with van der Waals surface area (Å²) in [5, 5.41) is 13.7. The predicted octanol–water partition coefficient (Wildman–Crippen LogP) is 3.93. The Balaban J connectivity index is 1.36. The molecule has 9 nitrogen and oxygen atoms in total. The Labute approximate surface area is 230 Å². The highest BCUT2D eigenvalue weighted by atomic mass is 19.1. The number of nitrogens with zero attached hydrogens (tertiary/aromatic N) is 6. The summed E-state index contributed by atoms with van der Waals surface area (Å²) in [6.45, 7) is 5.22. The van der Waals surface area contributed by atoms with Crippen molar-refractivity contribution < 1.29 is 9.13 Å². The van der Waals surface area contributed by atoms with Crippen molar-refractivity contribution in [2.75, 3.05) is 38.2 Å². The Hall–Kier alpha value is -4.57. The molecule has 0 saturated carbocycles. The maximum atomic E-state index is 13.6. The van der Waals surface area contributed by atoms with Crippen LogP contribution < -0.4 is 15.2 Å². The summed E-state index contributed by atoms with van der Waals surface area (Å²) in [6.07, 6.45) is 0. The molecule has 6 rings (SSSR count). The van der Waals surface area contributed by atoms with Gasteiger partial charge in [-0.05, 0) is 82.4 Å². The van der Waals surface area contributed by atoms with E-state index < -0.39 is 6.04 Å². The van der Waals surface area contributed by atoms with Gasteiger partial charge in [-0.3, -0.25) is 9.69 Å². The van der Waals surface area contributed by atoms with Crippen LogP contribution in [0.25, 0.3) is 10.9 Å². The molecule has 3 heterocycles. The molecule has 1 atom stereocenters. The summed E-state index contributed by atoms with van der Waals surface area (Å²) in [6, 6.07) is 21.9. The Morgan fingerprint density at radius 3 is 2.45 bits per heavy atom.